The van der Waals surface area contributed by atoms with Gasteiger partial charge in [-0.2, -0.15) is 0 Å². The molecule has 0 fully saturated rings. The average Bonchev–Trinajstić information content (AvgIpc) is 2.81. The largest absolute Gasteiger partial charge is 0.748 e. The van der Waals surface area contributed by atoms with E-state index in [1.807, 2.05) is 4.90 Å². The van der Waals surface area contributed by atoms with Crippen molar-refractivity contribution in [3.8, 4) is 0 Å². The van der Waals surface area contributed by atoms with Gasteiger partial charge >= 0.3 is 23.6 Å². The van der Waals surface area contributed by atoms with Gasteiger partial charge in [-0.1, -0.05) is 12.8 Å². The molecule has 16 nitrogen and oxygen atoms in total. The molecule has 0 saturated heterocycles. The molecule has 6 N–H and O–H groups in total. The number of carbonyl (C=O) groups is 1. The standard InChI is InChI=1S/C22H50N2O14S2Si2/c25-22(38-17-9-21-42(35,36)37)10-14-24(12-4-2-7-19-40(29,30)31)16-15-23(13-5-8-20-41(32,33)34)11-3-1-6-18-39(26,27)28/h32-37H,1-21H2,(H,26,27,28)(H,29,30,31)/p-2. The first kappa shape index (κ1) is 41.4. The Bertz CT molecular complexity index is 944. The second-order valence-corrected chi connectivity index (χ2v) is 17.6. The highest BCUT2D eigenvalue weighted by Crippen LogP contribution is 2.09. The van der Waals surface area contributed by atoms with Crippen molar-refractivity contribution in [1.82, 2.24) is 9.80 Å². The van der Waals surface area contributed by atoms with Gasteiger partial charge in [-0.3, -0.25) is 4.79 Å². The van der Waals surface area contributed by atoms with Gasteiger partial charge in [0, 0.05) is 43.2 Å². The Labute approximate surface area is 251 Å². The lowest BCUT2D eigenvalue weighted by atomic mass is 10.2. The number of hydrogen-bond donors (Lipinski definition) is 6. The van der Waals surface area contributed by atoms with E-state index in [0.717, 1.165) is 0 Å². The summed E-state index contributed by atoms with van der Waals surface area (Å²) in [5.74, 6) is -1.42. The number of nitrogens with zero attached hydrogens (tertiary/aromatic N) is 2. The molecule has 252 valence electrons. The number of ether oxygens (including phenoxy) is 1. The first-order valence-corrected chi connectivity index (χ1v) is 21.3. The molecule has 0 aromatic rings. The zero-order valence-corrected chi connectivity index (χ0v) is 27.6. The molecule has 0 amide bonds. The van der Waals surface area contributed by atoms with E-state index < -0.39 is 55.3 Å². The molecule has 0 aromatic carbocycles. The van der Waals surface area contributed by atoms with E-state index in [4.69, 9.17) is 19.1 Å². The molecular formula is C22H48N2O14S2Si2-2. The Morgan fingerprint density at radius 1 is 0.571 bits per heavy atom. The summed E-state index contributed by atoms with van der Waals surface area (Å²) in [6, 6.07) is -0.361. The predicted octanol–water partition coefficient (Wildman–Crippen LogP) is -2.04. The summed E-state index contributed by atoms with van der Waals surface area (Å²) in [7, 11) is -16.9. The van der Waals surface area contributed by atoms with Crippen LogP contribution in [0.25, 0.3) is 0 Å². The van der Waals surface area contributed by atoms with Crippen molar-refractivity contribution >= 4 is 43.8 Å². The van der Waals surface area contributed by atoms with Crippen LogP contribution in [0.5, 0.6) is 0 Å². The van der Waals surface area contributed by atoms with Gasteiger partial charge in [-0.25, -0.2) is 16.8 Å². The van der Waals surface area contributed by atoms with Crippen LogP contribution in [-0.4, -0.2) is 145 Å². The molecule has 0 unspecified atom stereocenters. The second-order valence-electron chi connectivity index (χ2n) is 10.4. The molecule has 0 aliphatic carbocycles. The smallest absolute Gasteiger partial charge is 0.492 e. The zero-order valence-electron chi connectivity index (χ0n) is 24.0. The Morgan fingerprint density at radius 2 is 0.976 bits per heavy atom. The van der Waals surface area contributed by atoms with Crippen molar-refractivity contribution in [2.45, 2.75) is 76.3 Å². The Balaban J connectivity index is 4.99. The van der Waals surface area contributed by atoms with Crippen molar-refractivity contribution in [1.29, 1.82) is 0 Å². The molecule has 0 rings (SSSR count). The van der Waals surface area contributed by atoms with Crippen LogP contribution in [0.15, 0.2) is 0 Å². The molecule has 42 heavy (non-hydrogen) atoms. The summed E-state index contributed by atoms with van der Waals surface area (Å²) in [5, 5.41) is 0. The van der Waals surface area contributed by atoms with Gasteiger partial charge < -0.3 is 52.4 Å². The first-order chi connectivity index (χ1) is 19.3. The minimum absolute atomic E-state index is 0.0226. The molecule has 0 spiro atoms. The Hall–Kier alpha value is -0.596. The minimum Gasteiger partial charge on any atom is -0.748 e. The van der Waals surface area contributed by atoms with E-state index in [1.54, 1.807) is 0 Å². The molecule has 0 bridgehead atoms. The van der Waals surface area contributed by atoms with Crippen LogP contribution in [0, 0.1) is 0 Å². The zero-order chi connectivity index (χ0) is 32.3. The Kier molecular flexibility index (Phi) is 20.9. The lowest BCUT2D eigenvalue weighted by Crippen LogP contribution is -2.38. The number of esters is 1. The normalized spacial score (nSPS) is 13.3. The topological polar surface area (TPSA) is 269 Å². The molecule has 0 aliphatic heterocycles. The summed E-state index contributed by atoms with van der Waals surface area (Å²) < 4.78 is 70.1. The molecule has 0 aliphatic rings. The second kappa shape index (κ2) is 21.2. The minimum atomic E-state index is -4.30. The maximum atomic E-state index is 12.2. The molecular weight excluding hydrogens is 637 g/mol. The lowest BCUT2D eigenvalue weighted by Gasteiger charge is -2.28. The fraction of sp³-hybridized carbons (Fsp3) is 0.955. The van der Waals surface area contributed by atoms with E-state index >= 15 is 0 Å². The molecule has 0 heterocycles. The molecule has 0 radical (unpaired) electrons. The highest BCUT2D eigenvalue weighted by Gasteiger charge is 2.26. The summed E-state index contributed by atoms with van der Waals surface area (Å²) in [6.07, 6.45) is 3.69. The van der Waals surface area contributed by atoms with Gasteiger partial charge in [-0.15, -0.1) is 0 Å². The van der Waals surface area contributed by atoms with E-state index in [-0.39, 0.29) is 44.4 Å². The summed E-state index contributed by atoms with van der Waals surface area (Å²) in [6.45, 7) is 2.87. The van der Waals surface area contributed by atoms with Crippen molar-refractivity contribution in [2.24, 2.45) is 0 Å². The van der Waals surface area contributed by atoms with E-state index in [1.165, 1.54) is 0 Å². The van der Waals surface area contributed by atoms with Crippen LogP contribution in [0.2, 0.25) is 12.1 Å². The summed E-state index contributed by atoms with van der Waals surface area (Å²) in [5.41, 5.74) is 0. The van der Waals surface area contributed by atoms with Crippen LogP contribution >= 0.6 is 0 Å². The summed E-state index contributed by atoms with van der Waals surface area (Å²) >= 11 is 0. The third kappa shape index (κ3) is 30.8. The fourth-order valence-electron chi connectivity index (χ4n) is 4.05. The first-order valence-electron chi connectivity index (χ1n) is 14.1. The highest BCUT2D eigenvalue weighted by atomic mass is 32.2. The van der Waals surface area contributed by atoms with Crippen LogP contribution < -0.4 is 0 Å². The maximum Gasteiger partial charge on any atom is 0.492 e. The van der Waals surface area contributed by atoms with Gasteiger partial charge in [0.2, 0.25) is 0 Å². The molecule has 0 aromatic heterocycles. The van der Waals surface area contributed by atoms with E-state index in [9.17, 15) is 45.1 Å². The lowest BCUT2D eigenvalue weighted by molar-refractivity contribution is -0.144. The predicted molar refractivity (Wildman–Crippen MR) is 154 cm³/mol. The third-order valence-corrected chi connectivity index (χ3v) is 9.88. The van der Waals surface area contributed by atoms with E-state index in [0.29, 0.717) is 77.8 Å². The monoisotopic (exact) mass is 684 g/mol. The van der Waals surface area contributed by atoms with Crippen LogP contribution in [0.3, 0.4) is 0 Å². The number of unbranched alkanes of at least 4 members (excludes halogenated alkanes) is 5. The highest BCUT2D eigenvalue weighted by molar-refractivity contribution is 7.85. The van der Waals surface area contributed by atoms with Gasteiger partial charge in [0.25, 0.3) is 0 Å². The number of hydrogen-bond acceptors (Lipinski definition) is 16. The van der Waals surface area contributed by atoms with E-state index in [2.05, 4.69) is 4.90 Å². The van der Waals surface area contributed by atoms with Crippen LogP contribution in [0.1, 0.15) is 64.2 Å². The number of rotatable bonds is 27. The van der Waals surface area contributed by atoms with Crippen LogP contribution in [0.4, 0.5) is 0 Å². The van der Waals surface area contributed by atoms with Gasteiger partial charge in [0.15, 0.2) is 0 Å². The molecule has 0 atom stereocenters. The van der Waals surface area contributed by atoms with Crippen molar-refractivity contribution < 1.29 is 64.2 Å². The quantitative estimate of drug-likeness (QED) is 0.0235. The fourth-order valence-corrected chi connectivity index (χ4v) is 6.51. The SMILES string of the molecule is O=C(CCN(CCCCCS(=O)(=O)[O-])CCN(CCCCCS(=O)(=O)[O-])CCCC[Si](O)(O)O)OCCC[Si](O)(O)O. The van der Waals surface area contributed by atoms with Crippen LogP contribution in [-0.2, 0) is 29.8 Å². The average molecular weight is 685 g/mol. The van der Waals surface area contributed by atoms with Crippen molar-refractivity contribution in [3.05, 3.63) is 0 Å². The summed E-state index contributed by atoms with van der Waals surface area (Å²) in [4.78, 5) is 71.0. The Morgan fingerprint density at radius 3 is 1.40 bits per heavy atom. The van der Waals surface area contributed by atoms with Crippen molar-refractivity contribution in [2.75, 3.05) is 57.4 Å². The molecule has 20 heteroatoms. The third-order valence-electron chi connectivity index (χ3n) is 6.26. The van der Waals surface area contributed by atoms with Crippen molar-refractivity contribution in [3.63, 3.8) is 0 Å². The number of carbonyl (C=O) groups excluding carboxylic acids is 1. The maximum absolute atomic E-state index is 12.2. The van der Waals surface area contributed by atoms with Gasteiger partial charge in [-0.05, 0) is 64.6 Å². The van der Waals surface area contributed by atoms with Gasteiger partial charge in [0.05, 0.1) is 33.3 Å². The molecule has 0 saturated carbocycles. The van der Waals surface area contributed by atoms with Gasteiger partial charge in [0.1, 0.15) is 0 Å².